The van der Waals surface area contributed by atoms with Crippen molar-refractivity contribution in [3.05, 3.63) is 23.8 Å². The van der Waals surface area contributed by atoms with E-state index in [9.17, 15) is 19.2 Å². The van der Waals surface area contributed by atoms with Crippen LogP contribution in [0.25, 0.3) is 0 Å². The Morgan fingerprint density at radius 2 is 1.92 bits per heavy atom. The average molecular weight is 361 g/mol. The molecule has 1 N–H and O–H groups in total. The zero-order chi connectivity index (χ0) is 19.5. The molecule has 0 aromatic heterocycles. The van der Waals surface area contributed by atoms with Gasteiger partial charge in [-0.05, 0) is 43.9 Å². The summed E-state index contributed by atoms with van der Waals surface area (Å²) in [5.74, 6) is -0.309. The van der Waals surface area contributed by atoms with E-state index in [2.05, 4.69) is 5.32 Å². The van der Waals surface area contributed by atoms with Gasteiger partial charge in [-0.3, -0.25) is 19.7 Å². The number of nitrogens with zero attached hydrogens (tertiary/aromatic N) is 2. The van der Waals surface area contributed by atoms with E-state index in [0.29, 0.717) is 19.3 Å². The number of imide groups is 1. The quantitative estimate of drug-likeness (QED) is 0.452. The van der Waals surface area contributed by atoms with Gasteiger partial charge in [-0.1, -0.05) is 6.07 Å². The Hall–Kier alpha value is -2.70. The molecule has 1 atom stereocenters. The molecule has 142 valence electrons. The zero-order valence-corrected chi connectivity index (χ0v) is 15.6. The number of anilines is 2. The van der Waals surface area contributed by atoms with Crippen molar-refractivity contribution in [3.8, 4) is 0 Å². The molecule has 0 saturated heterocycles. The highest BCUT2D eigenvalue weighted by Crippen LogP contribution is 2.31. The summed E-state index contributed by atoms with van der Waals surface area (Å²) in [7, 11) is 3.60. The van der Waals surface area contributed by atoms with Gasteiger partial charge in [-0.25, -0.2) is 0 Å². The molecule has 7 heteroatoms. The predicted molar refractivity (Wildman–Crippen MR) is 101 cm³/mol. The van der Waals surface area contributed by atoms with Crippen LogP contribution in [0.5, 0.6) is 0 Å². The molecule has 0 aliphatic rings. The number of carbonyl (C=O) groups is 4. The average Bonchev–Trinajstić information content (AvgIpc) is 2.65. The third-order valence-corrected chi connectivity index (χ3v) is 4.42. The van der Waals surface area contributed by atoms with Gasteiger partial charge in [0.15, 0.2) is 0 Å². The van der Waals surface area contributed by atoms with Crippen LogP contribution in [0.4, 0.5) is 11.4 Å². The number of rotatable bonds is 12. The van der Waals surface area contributed by atoms with Crippen LogP contribution in [-0.2, 0) is 25.6 Å². The zero-order valence-electron chi connectivity index (χ0n) is 15.6. The molecule has 0 radical (unpaired) electrons. The molecule has 0 spiro atoms. The molecule has 0 bridgehead atoms. The number of carbonyl (C=O) groups excluding carboxylic acids is 4. The lowest BCUT2D eigenvalue weighted by Gasteiger charge is -2.30. The van der Waals surface area contributed by atoms with Crippen LogP contribution in [0.15, 0.2) is 18.2 Å². The fourth-order valence-electron chi connectivity index (χ4n) is 2.66. The van der Waals surface area contributed by atoms with Crippen LogP contribution in [-0.4, -0.2) is 45.2 Å². The normalized spacial score (nSPS) is 11.3. The summed E-state index contributed by atoms with van der Waals surface area (Å²) >= 11 is 0. The number of hydrogen-bond acceptors (Lipinski definition) is 5. The fraction of sp³-hybridized carbons (Fsp3) is 0.474. The molecule has 26 heavy (non-hydrogen) atoms. The van der Waals surface area contributed by atoms with Crippen LogP contribution in [0, 0.1) is 0 Å². The van der Waals surface area contributed by atoms with Crippen molar-refractivity contribution in [1.29, 1.82) is 0 Å². The first-order valence-corrected chi connectivity index (χ1v) is 8.65. The van der Waals surface area contributed by atoms with Gasteiger partial charge >= 0.3 is 0 Å². The monoisotopic (exact) mass is 361 g/mol. The number of nitrogens with one attached hydrogen (secondary N) is 1. The van der Waals surface area contributed by atoms with Crippen molar-refractivity contribution in [2.24, 2.45) is 0 Å². The number of aryl methyl sites for hydroxylation is 1. The third-order valence-electron chi connectivity index (χ3n) is 4.42. The van der Waals surface area contributed by atoms with Crippen molar-refractivity contribution in [2.45, 2.75) is 45.1 Å². The van der Waals surface area contributed by atoms with E-state index >= 15 is 0 Å². The van der Waals surface area contributed by atoms with E-state index in [1.807, 2.05) is 37.1 Å². The number of amides is 3. The van der Waals surface area contributed by atoms with Crippen molar-refractivity contribution < 1.29 is 19.2 Å². The van der Waals surface area contributed by atoms with Gasteiger partial charge < -0.3 is 14.6 Å². The Morgan fingerprint density at radius 3 is 2.54 bits per heavy atom. The maximum Gasteiger partial charge on any atom is 0.226 e. The second-order valence-electron chi connectivity index (χ2n) is 6.28. The van der Waals surface area contributed by atoms with Crippen LogP contribution < -0.4 is 15.1 Å². The second kappa shape index (κ2) is 11.0. The Morgan fingerprint density at radius 1 is 1.19 bits per heavy atom. The second-order valence-corrected chi connectivity index (χ2v) is 6.28. The minimum absolute atomic E-state index is 0.0344. The first kappa shape index (κ1) is 21.3. The van der Waals surface area contributed by atoms with Gasteiger partial charge in [0, 0.05) is 33.0 Å². The standard InChI is InChI=1S/C19H27N3O4/c1-15(7-10-19(26)20-13-24)22(3)17-9-8-16(6-4-5-11-23)12-18(17)21(2)14-25/h8-9,11-15H,4-7,10H2,1-3H3,(H,20,24,26). The van der Waals surface area contributed by atoms with Gasteiger partial charge in [0.2, 0.25) is 18.7 Å². The molecule has 0 aliphatic heterocycles. The van der Waals surface area contributed by atoms with Crippen molar-refractivity contribution >= 4 is 36.4 Å². The van der Waals surface area contributed by atoms with Gasteiger partial charge in [0.05, 0.1) is 11.4 Å². The molecular weight excluding hydrogens is 334 g/mol. The number of hydrogen-bond donors (Lipinski definition) is 1. The van der Waals surface area contributed by atoms with Gasteiger partial charge in [0.25, 0.3) is 0 Å². The molecule has 7 nitrogen and oxygen atoms in total. The Balaban J connectivity index is 2.93. The summed E-state index contributed by atoms with van der Waals surface area (Å²) in [5.41, 5.74) is 2.71. The van der Waals surface area contributed by atoms with Crippen LogP contribution in [0.3, 0.4) is 0 Å². The number of aldehydes is 1. The smallest absolute Gasteiger partial charge is 0.226 e. The highest BCUT2D eigenvalue weighted by molar-refractivity contribution is 5.86. The largest absolute Gasteiger partial charge is 0.370 e. The maximum atomic E-state index is 11.5. The number of unbranched alkanes of at least 4 members (excludes halogenated alkanes) is 1. The minimum Gasteiger partial charge on any atom is -0.370 e. The Labute approximate surface area is 154 Å². The predicted octanol–water partition coefficient (Wildman–Crippen LogP) is 1.68. The fourth-order valence-corrected chi connectivity index (χ4v) is 2.66. The summed E-state index contributed by atoms with van der Waals surface area (Å²) in [5, 5.41) is 2.13. The molecule has 0 aliphatic carbocycles. The summed E-state index contributed by atoms with van der Waals surface area (Å²) in [6.45, 7) is 1.98. The first-order chi connectivity index (χ1) is 12.4. The highest BCUT2D eigenvalue weighted by atomic mass is 16.2. The SMILES string of the molecule is CC(CCC(=O)NC=O)N(C)c1ccc(CCCC=O)cc1N(C)C=O. The lowest BCUT2D eigenvalue weighted by atomic mass is 10.0. The Bertz CT molecular complexity index is 633. The van der Waals surface area contributed by atoms with Gasteiger partial charge in [0.1, 0.15) is 6.29 Å². The summed E-state index contributed by atoms with van der Waals surface area (Å²) < 4.78 is 0. The maximum absolute atomic E-state index is 11.5. The topological polar surface area (TPSA) is 86.8 Å². The van der Waals surface area contributed by atoms with Crippen LogP contribution in [0.2, 0.25) is 0 Å². The lowest BCUT2D eigenvalue weighted by Crippen LogP contribution is -2.32. The molecule has 1 aromatic carbocycles. The van der Waals surface area contributed by atoms with E-state index in [-0.39, 0.29) is 18.4 Å². The lowest BCUT2D eigenvalue weighted by molar-refractivity contribution is -0.125. The molecule has 0 heterocycles. The Kier molecular flexibility index (Phi) is 9.05. The van der Waals surface area contributed by atoms with Crippen LogP contribution in [0.1, 0.15) is 38.2 Å². The molecule has 0 saturated carbocycles. The molecule has 1 unspecified atom stereocenters. The van der Waals surface area contributed by atoms with Gasteiger partial charge in [-0.2, -0.15) is 0 Å². The van der Waals surface area contributed by atoms with E-state index < -0.39 is 0 Å². The number of benzene rings is 1. The van der Waals surface area contributed by atoms with Crippen molar-refractivity contribution in [1.82, 2.24) is 5.32 Å². The van der Waals surface area contributed by atoms with Crippen molar-refractivity contribution in [2.75, 3.05) is 23.9 Å². The molecular formula is C19H27N3O4. The van der Waals surface area contributed by atoms with E-state index in [4.69, 9.17) is 0 Å². The van der Waals surface area contributed by atoms with Crippen LogP contribution >= 0.6 is 0 Å². The summed E-state index contributed by atoms with van der Waals surface area (Å²) in [4.78, 5) is 47.0. The molecule has 0 fully saturated rings. The van der Waals surface area contributed by atoms with Crippen molar-refractivity contribution in [3.63, 3.8) is 0 Å². The van der Waals surface area contributed by atoms with E-state index in [1.54, 1.807) is 7.05 Å². The highest BCUT2D eigenvalue weighted by Gasteiger charge is 2.17. The minimum atomic E-state index is -0.309. The molecule has 1 rings (SSSR count). The van der Waals surface area contributed by atoms with Gasteiger partial charge in [-0.15, -0.1) is 0 Å². The van der Waals surface area contributed by atoms with E-state index in [1.165, 1.54) is 4.90 Å². The summed E-state index contributed by atoms with van der Waals surface area (Å²) in [6.07, 6.45) is 4.91. The third kappa shape index (κ3) is 6.31. The first-order valence-electron chi connectivity index (χ1n) is 8.65. The summed E-state index contributed by atoms with van der Waals surface area (Å²) in [6, 6.07) is 5.93. The van der Waals surface area contributed by atoms with E-state index in [0.717, 1.165) is 42.5 Å². The molecule has 3 amide bonds. The molecule has 1 aromatic rings.